The van der Waals surface area contributed by atoms with E-state index in [1.54, 1.807) is 6.92 Å². The van der Waals surface area contributed by atoms with Crippen molar-refractivity contribution in [2.45, 2.75) is 68.6 Å². The summed E-state index contributed by atoms with van der Waals surface area (Å²) in [5, 5.41) is 0. The van der Waals surface area contributed by atoms with Crippen LogP contribution in [0.3, 0.4) is 0 Å². The van der Waals surface area contributed by atoms with Crippen molar-refractivity contribution in [3.63, 3.8) is 0 Å². The van der Waals surface area contributed by atoms with E-state index in [0.29, 0.717) is 36.2 Å². The van der Waals surface area contributed by atoms with E-state index >= 15 is 17.6 Å². The molecule has 8 rings (SSSR count). The number of rotatable bonds is 6. The fourth-order valence-corrected chi connectivity index (χ4v) is 10.4. The molecule has 4 aromatic rings. The quantitative estimate of drug-likeness (QED) is 0.181. The Hall–Kier alpha value is -4.43. The summed E-state index contributed by atoms with van der Waals surface area (Å²) >= 11 is 0. The molecule has 0 N–H and O–H groups in total. The van der Waals surface area contributed by atoms with Crippen LogP contribution in [0.5, 0.6) is 0 Å². The van der Waals surface area contributed by atoms with Gasteiger partial charge in [-0.15, -0.1) is 0 Å². The topological polar surface area (TPSA) is 6.48 Å². The van der Waals surface area contributed by atoms with Crippen molar-refractivity contribution in [3.05, 3.63) is 118 Å². The first-order chi connectivity index (χ1) is 24.6. The summed E-state index contributed by atoms with van der Waals surface area (Å²) in [5.41, 5.74) is -8.79. The minimum atomic E-state index is -4.97. The van der Waals surface area contributed by atoms with Gasteiger partial charge >= 0.3 is 18.5 Å². The lowest BCUT2D eigenvalue weighted by Crippen LogP contribution is -2.77. The first-order valence-corrected chi connectivity index (χ1v) is 16.6. The molecular weight excluding hydrogens is 731 g/mol. The standard InChI is InChI=1S/C38H27F13N2/c1-19-2-6-31(25(39)10-19)53(32-9-5-22(14-28(32)42)38(49,50)51)34-16-24-11-23-15-33(17-34,18-35(23,24)34)52(29-7-3-20(12-26(29)40)36(43,44)45)30-8-4-21(13-27(30)41)37(46,47)48/h2-10,12-14,23-24H,11,15-18H2,1H3. The number of nitrogens with zero attached hydrogens (tertiary/aromatic N) is 2. The molecule has 0 aromatic heterocycles. The summed E-state index contributed by atoms with van der Waals surface area (Å²) in [4.78, 5) is 2.42. The first-order valence-electron chi connectivity index (χ1n) is 16.6. The second-order valence-electron chi connectivity index (χ2n) is 14.8. The molecule has 4 aromatic carbocycles. The highest BCUT2D eigenvalue weighted by molar-refractivity contribution is 5.74. The largest absolute Gasteiger partial charge is 0.416 e. The molecule has 4 saturated carbocycles. The van der Waals surface area contributed by atoms with Crippen LogP contribution < -0.4 is 9.80 Å². The zero-order valence-electron chi connectivity index (χ0n) is 27.4. The van der Waals surface area contributed by atoms with E-state index in [-0.39, 0.29) is 55.3 Å². The Morgan fingerprint density at radius 1 is 0.509 bits per heavy atom. The maximum Gasteiger partial charge on any atom is 0.416 e. The maximum absolute atomic E-state index is 16.1. The van der Waals surface area contributed by atoms with Crippen LogP contribution in [-0.4, -0.2) is 11.1 Å². The van der Waals surface area contributed by atoms with Gasteiger partial charge in [-0.05, 0) is 123 Å². The molecule has 15 heteroatoms. The lowest BCUT2D eigenvalue weighted by atomic mass is 9.34. The van der Waals surface area contributed by atoms with Gasteiger partial charge in [-0.1, -0.05) is 6.07 Å². The smallest absolute Gasteiger partial charge is 0.330 e. The van der Waals surface area contributed by atoms with Crippen molar-refractivity contribution in [1.82, 2.24) is 0 Å². The van der Waals surface area contributed by atoms with Crippen LogP contribution in [0.15, 0.2) is 72.8 Å². The van der Waals surface area contributed by atoms with Crippen molar-refractivity contribution in [2.24, 2.45) is 17.3 Å². The number of anilines is 4. The fraction of sp³-hybridized carbons (Fsp3) is 0.368. The van der Waals surface area contributed by atoms with Crippen LogP contribution in [0.4, 0.5) is 79.8 Å². The van der Waals surface area contributed by atoms with Crippen molar-refractivity contribution >= 4 is 22.7 Å². The molecule has 0 aliphatic heterocycles. The molecule has 53 heavy (non-hydrogen) atoms. The average Bonchev–Trinajstić information content (AvgIpc) is 3.49. The molecule has 0 radical (unpaired) electrons. The molecular formula is C38H27F13N2. The lowest BCUT2D eigenvalue weighted by Gasteiger charge is -2.75. The molecule has 5 atom stereocenters. The third kappa shape index (κ3) is 5.00. The summed E-state index contributed by atoms with van der Waals surface area (Å²) in [5.74, 6) is -5.40. The van der Waals surface area contributed by atoms with Gasteiger partial charge in [-0.3, -0.25) is 0 Å². The Bertz CT molecular complexity index is 2090. The van der Waals surface area contributed by atoms with Crippen molar-refractivity contribution in [3.8, 4) is 0 Å². The Morgan fingerprint density at radius 2 is 0.906 bits per heavy atom. The van der Waals surface area contributed by atoms with Crippen LogP contribution in [0.1, 0.15) is 54.4 Å². The third-order valence-corrected chi connectivity index (χ3v) is 12.1. The van der Waals surface area contributed by atoms with Gasteiger partial charge in [0.1, 0.15) is 23.3 Å². The third-order valence-electron chi connectivity index (χ3n) is 12.1. The van der Waals surface area contributed by atoms with Gasteiger partial charge in [0.05, 0.1) is 45.0 Å². The second-order valence-corrected chi connectivity index (χ2v) is 14.8. The van der Waals surface area contributed by atoms with E-state index in [9.17, 15) is 39.5 Å². The molecule has 4 fully saturated rings. The van der Waals surface area contributed by atoms with Crippen molar-refractivity contribution < 1.29 is 57.1 Å². The molecule has 0 amide bonds. The number of hydrogen-bond acceptors (Lipinski definition) is 2. The molecule has 1 spiro atoms. The zero-order chi connectivity index (χ0) is 38.3. The maximum atomic E-state index is 16.1. The van der Waals surface area contributed by atoms with Gasteiger partial charge in [0.2, 0.25) is 0 Å². The minimum Gasteiger partial charge on any atom is -0.330 e. The number of alkyl halides is 9. The Morgan fingerprint density at radius 3 is 1.30 bits per heavy atom. The highest BCUT2D eigenvalue weighted by Crippen LogP contribution is 2.87. The number of fused-ring (bicyclic) bond motifs is 1. The fourth-order valence-electron chi connectivity index (χ4n) is 10.4. The van der Waals surface area contributed by atoms with Crippen LogP contribution in [0.25, 0.3) is 0 Å². The molecule has 280 valence electrons. The second kappa shape index (κ2) is 11.1. The van der Waals surface area contributed by atoms with Crippen LogP contribution in [0.2, 0.25) is 0 Å². The summed E-state index contributed by atoms with van der Waals surface area (Å²) in [6.45, 7) is 1.59. The summed E-state index contributed by atoms with van der Waals surface area (Å²) < 4.78 is 187. The van der Waals surface area contributed by atoms with E-state index < -0.39 is 92.0 Å². The van der Waals surface area contributed by atoms with Crippen molar-refractivity contribution in [1.29, 1.82) is 0 Å². The summed E-state index contributed by atoms with van der Waals surface area (Å²) in [7, 11) is 0. The SMILES string of the molecule is Cc1ccc(N(c2ccc(C(F)(F)F)cc2F)C23CC4CC5CC(N(c6ccc(C(F)(F)F)cc6F)c6ccc(C(F)(F)F)cc6F)(CC542)C3)c(F)c1. The van der Waals surface area contributed by atoms with Gasteiger partial charge in [0.15, 0.2) is 0 Å². The number of hydrogen-bond donors (Lipinski definition) is 0. The Balaban J connectivity index is 1.34. The van der Waals surface area contributed by atoms with Gasteiger partial charge in [-0.2, -0.15) is 39.5 Å². The minimum absolute atomic E-state index is 0.0719. The first kappa shape index (κ1) is 35.6. The lowest BCUT2D eigenvalue weighted by molar-refractivity contribution is -0.190. The average molecular weight is 759 g/mol. The van der Waals surface area contributed by atoms with E-state index in [4.69, 9.17) is 0 Å². The van der Waals surface area contributed by atoms with Crippen LogP contribution >= 0.6 is 0 Å². The number of benzene rings is 4. The Labute approximate surface area is 293 Å². The van der Waals surface area contributed by atoms with Crippen molar-refractivity contribution in [2.75, 3.05) is 9.80 Å². The zero-order valence-corrected chi connectivity index (χ0v) is 27.4. The summed E-state index contributed by atoms with van der Waals surface area (Å²) in [6, 6.07) is 9.00. The summed E-state index contributed by atoms with van der Waals surface area (Å²) in [6.07, 6.45) is -13.9. The van der Waals surface area contributed by atoms with Gasteiger partial charge in [0, 0.05) is 11.0 Å². The molecule has 0 heterocycles. The molecule has 0 saturated heterocycles. The molecule has 5 unspecified atom stereocenters. The highest BCUT2D eigenvalue weighted by Gasteiger charge is 2.87. The van der Waals surface area contributed by atoms with Crippen LogP contribution in [0, 0.1) is 47.4 Å². The predicted octanol–water partition coefficient (Wildman–Crippen LogP) is 12.3. The Kier molecular flexibility index (Phi) is 7.43. The van der Waals surface area contributed by atoms with Gasteiger partial charge < -0.3 is 9.80 Å². The number of halogens is 13. The number of aryl methyl sites for hydroxylation is 1. The van der Waals surface area contributed by atoms with E-state index in [2.05, 4.69) is 0 Å². The van der Waals surface area contributed by atoms with E-state index in [1.807, 2.05) is 0 Å². The molecule has 2 bridgehead atoms. The molecule has 2 nitrogen and oxygen atoms in total. The van der Waals surface area contributed by atoms with Gasteiger partial charge in [0.25, 0.3) is 0 Å². The molecule has 4 aliphatic carbocycles. The predicted molar refractivity (Wildman–Crippen MR) is 168 cm³/mol. The van der Waals surface area contributed by atoms with Gasteiger partial charge in [-0.25, -0.2) is 17.6 Å². The molecule has 4 aliphatic rings. The highest BCUT2D eigenvalue weighted by atomic mass is 19.4. The van der Waals surface area contributed by atoms with Crippen LogP contribution in [-0.2, 0) is 18.5 Å². The van der Waals surface area contributed by atoms with E-state index in [0.717, 1.165) is 29.2 Å². The van der Waals surface area contributed by atoms with E-state index in [1.165, 1.54) is 17.0 Å². The normalized spacial score (nSPS) is 27.3. The monoisotopic (exact) mass is 758 g/mol.